The Kier molecular flexibility index (Phi) is 4.80. The van der Waals surface area contributed by atoms with E-state index in [4.69, 9.17) is 0 Å². The van der Waals surface area contributed by atoms with E-state index in [1.54, 1.807) is 18.7 Å². The summed E-state index contributed by atoms with van der Waals surface area (Å²) in [5.41, 5.74) is 3.63. The number of benzene rings is 1. The molecular weight excluding hydrogens is 378 g/mol. The van der Waals surface area contributed by atoms with Crippen molar-refractivity contribution in [3.05, 3.63) is 67.3 Å². The number of pyridine rings is 1. The fraction of sp³-hybridized carbons (Fsp3) is 0.227. The van der Waals surface area contributed by atoms with Crippen molar-refractivity contribution in [2.45, 2.75) is 6.54 Å². The highest BCUT2D eigenvalue weighted by Crippen LogP contribution is 2.19. The lowest BCUT2D eigenvalue weighted by Gasteiger charge is -2.35. The molecule has 0 unspecified atom stereocenters. The summed E-state index contributed by atoms with van der Waals surface area (Å²) in [7, 11) is 0. The first-order valence-electron chi connectivity index (χ1n) is 9.95. The molecule has 3 aromatic heterocycles. The fourth-order valence-corrected chi connectivity index (χ4v) is 3.73. The molecule has 5 rings (SSSR count). The summed E-state index contributed by atoms with van der Waals surface area (Å²) >= 11 is 0. The van der Waals surface area contributed by atoms with Crippen molar-refractivity contribution in [1.29, 1.82) is 0 Å². The SMILES string of the molecule is O=C(Cn1cnc2ccccc21)N1CCN(c2ccc(-c3cccnc3)nn2)CC1. The Morgan fingerprint density at radius 3 is 2.57 bits per heavy atom. The van der Waals surface area contributed by atoms with Gasteiger partial charge in [0.2, 0.25) is 5.91 Å². The number of piperazine rings is 1. The van der Waals surface area contributed by atoms with E-state index >= 15 is 0 Å². The molecule has 0 N–H and O–H groups in total. The third kappa shape index (κ3) is 3.59. The number of hydrogen-bond donors (Lipinski definition) is 0. The molecular formula is C22H21N7O. The van der Waals surface area contributed by atoms with E-state index in [2.05, 4.69) is 25.1 Å². The Morgan fingerprint density at radius 2 is 1.80 bits per heavy atom. The van der Waals surface area contributed by atoms with Crippen molar-refractivity contribution >= 4 is 22.8 Å². The van der Waals surface area contributed by atoms with Gasteiger partial charge >= 0.3 is 0 Å². The number of nitrogens with zero attached hydrogens (tertiary/aromatic N) is 7. The van der Waals surface area contributed by atoms with Gasteiger partial charge in [0.05, 0.1) is 23.1 Å². The smallest absolute Gasteiger partial charge is 0.242 e. The van der Waals surface area contributed by atoms with Crippen LogP contribution in [0.25, 0.3) is 22.3 Å². The maximum atomic E-state index is 12.8. The Morgan fingerprint density at radius 1 is 0.933 bits per heavy atom. The van der Waals surface area contributed by atoms with Crippen LogP contribution in [0.1, 0.15) is 0 Å². The highest BCUT2D eigenvalue weighted by atomic mass is 16.2. The van der Waals surface area contributed by atoms with Gasteiger partial charge in [-0.3, -0.25) is 9.78 Å². The molecule has 0 spiro atoms. The van der Waals surface area contributed by atoms with Crippen LogP contribution in [-0.4, -0.2) is 61.7 Å². The summed E-state index contributed by atoms with van der Waals surface area (Å²) in [5, 5.41) is 8.71. The normalized spacial score (nSPS) is 14.3. The monoisotopic (exact) mass is 399 g/mol. The number of aromatic nitrogens is 5. The van der Waals surface area contributed by atoms with Crippen LogP contribution in [0, 0.1) is 0 Å². The summed E-state index contributed by atoms with van der Waals surface area (Å²) in [6, 6.07) is 15.6. The number of carbonyl (C=O) groups is 1. The van der Waals surface area contributed by atoms with E-state index in [1.807, 2.05) is 58.0 Å². The molecule has 8 heteroatoms. The van der Waals surface area contributed by atoms with Crippen molar-refractivity contribution in [1.82, 2.24) is 29.6 Å². The number of hydrogen-bond acceptors (Lipinski definition) is 6. The van der Waals surface area contributed by atoms with Crippen LogP contribution in [0.5, 0.6) is 0 Å². The van der Waals surface area contributed by atoms with E-state index < -0.39 is 0 Å². The highest BCUT2D eigenvalue weighted by Gasteiger charge is 2.22. The Hall–Kier alpha value is -3.81. The lowest BCUT2D eigenvalue weighted by molar-refractivity contribution is -0.132. The van der Waals surface area contributed by atoms with Crippen LogP contribution in [0.4, 0.5) is 5.82 Å². The third-order valence-corrected chi connectivity index (χ3v) is 5.40. The Bertz CT molecular complexity index is 1150. The van der Waals surface area contributed by atoms with Crippen LogP contribution in [0.2, 0.25) is 0 Å². The molecule has 4 aromatic rings. The zero-order valence-electron chi connectivity index (χ0n) is 16.4. The summed E-state index contributed by atoms with van der Waals surface area (Å²) in [6.07, 6.45) is 5.25. The average Bonchev–Trinajstić information content (AvgIpc) is 3.23. The first-order chi connectivity index (χ1) is 14.8. The lowest BCUT2D eigenvalue weighted by atomic mass is 10.2. The molecule has 1 amide bonds. The van der Waals surface area contributed by atoms with Gasteiger partial charge in [0, 0.05) is 44.1 Å². The summed E-state index contributed by atoms with van der Waals surface area (Å²) < 4.78 is 1.91. The largest absolute Gasteiger partial charge is 0.352 e. The second kappa shape index (κ2) is 7.90. The molecule has 1 aromatic carbocycles. The predicted molar refractivity (Wildman–Crippen MR) is 114 cm³/mol. The fourth-order valence-electron chi connectivity index (χ4n) is 3.73. The minimum absolute atomic E-state index is 0.107. The summed E-state index contributed by atoms with van der Waals surface area (Å²) in [4.78, 5) is 25.3. The topological polar surface area (TPSA) is 80.0 Å². The van der Waals surface area contributed by atoms with Crippen molar-refractivity contribution in [2.24, 2.45) is 0 Å². The first-order valence-corrected chi connectivity index (χ1v) is 9.95. The Balaban J connectivity index is 1.20. The molecule has 1 aliphatic rings. The van der Waals surface area contributed by atoms with E-state index in [1.165, 1.54) is 0 Å². The molecule has 1 fully saturated rings. The molecule has 8 nitrogen and oxygen atoms in total. The quantitative estimate of drug-likeness (QED) is 0.524. The zero-order chi connectivity index (χ0) is 20.3. The molecule has 0 aliphatic carbocycles. The summed E-state index contributed by atoms with van der Waals surface area (Å²) in [6.45, 7) is 3.10. The van der Waals surface area contributed by atoms with Gasteiger partial charge < -0.3 is 14.4 Å². The van der Waals surface area contributed by atoms with Crippen molar-refractivity contribution in [3.63, 3.8) is 0 Å². The number of para-hydroxylation sites is 2. The van der Waals surface area contributed by atoms with Gasteiger partial charge in [-0.1, -0.05) is 12.1 Å². The van der Waals surface area contributed by atoms with Crippen molar-refractivity contribution in [3.8, 4) is 11.3 Å². The molecule has 0 bridgehead atoms. The van der Waals surface area contributed by atoms with Crippen LogP contribution in [-0.2, 0) is 11.3 Å². The standard InChI is InChI=1S/C22H21N7O/c30-22(15-29-16-24-19-5-1-2-6-20(19)29)28-12-10-27(11-13-28)21-8-7-18(25-26-21)17-4-3-9-23-14-17/h1-9,14,16H,10-13,15H2. The zero-order valence-corrected chi connectivity index (χ0v) is 16.4. The molecule has 150 valence electrons. The third-order valence-electron chi connectivity index (χ3n) is 5.40. The highest BCUT2D eigenvalue weighted by molar-refractivity contribution is 5.80. The maximum absolute atomic E-state index is 12.8. The molecule has 0 atom stereocenters. The molecule has 4 heterocycles. The molecule has 0 radical (unpaired) electrons. The first kappa shape index (κ1) is 18.2. The molecule has 1 saturated heterocycles. The second-order valence-corrected chi connectivity index (χ2v) is 7.25. The van der Waals surface area contributed by atoms with Crippen LogP contribution < -0.4 is 4.90 Å². The van der Waals surface area contributed by atoms with Crippen LogP contribution in [0.15, 0.2) is 67.3 Å². The Labute approximate surface area is 173 Å². The van der Waals surface area contributed by atoms with Crippen molar-refractivity contribution in [2.75, 3.05) is 31.1 Å². The number of anilines is 1. The number of carbonyl (C=O) groups excluding carboxylic acids is 1. The van der Waals surface area contributed by atoms with Gasteiger partial charge in [0.1, 0.15) is 6.54 Å². The molecule has 30 heavy (non-hydrogen) atoms. The van der Waals surface area contributed by atoms with Gasteiger partial charge in [-0.05, 0) is 36.4 Å². The maximum Gasteiger partial charge on any atom is 0.242 e. The predicted octanol–water partition coefficient (Wildman–Crippen LogP) is 2.24. The minimum atomic E-state index is 0.107. The van der Waals surface area contributed by atoms with E-state index in [0.29, 0.717) is 19.6 Å². The molecule has 0 saturated carbocycles. The average molecular weight is 399 g/mol. The van der Waals surface area contributed by atoms with E-state index in [0.717, 1.165) is 41.2 Å². The molecule has 1 aliphatic heterocycles. The van der Waals surface area contributed by atoms with Crippen LogP contribution in [0.3, 0.4) is 0 Å². The summed E-state index contributed by atoms with van der Waals surface area (Å²) in [5.74, 6) is 0.936. The number of fused-ring (bicyclic) bond motifs is 1. The van der Waals surface area contributed by atoms with Gasteiger partial charge in [0.15, 0.2) is 5.82 Å². The minimum Gasteiger partial charge on any atom is -0.352 e. The van der Waals surface area contributed by atoms with Gasteiger partial charge in [-0.15, -0.1) is 10.2 Å². The second-order valence-electron chi connectivity index (χ2n) is 7.25. The lowest BCUT2D eigenvalue weighted by Crippen LogP contribution is -2.49. The number of imidazole rings is 1. The van der Waals surface area contributed by atoms with Gasteiger partial charge in [0.25, 0.3) is 0 Å². The van der Waals surface area contributed by atoms with E-state index in [-0.39, 0.29) is 5.91 Å². The van der Waals surface area contributed by atoms with Crippen LogP contribution >= 0.6 is 0 Å². The number of amides is 1. The number of rotatable bonds is 4. The van der Waals surface area contributed by atoms with Gasteiger partial charge in [-0.2, -0.15) is 0 Å². The van der Waals surface area contributed by atoms with Gasteiger partial charge in [-0.25, -0.2) is 4.98 Å². The van der Waals surface area contributed by atoms with Crippen molar-refractivity contribution < 1.29 is 4.79 Å². The van der Waals surface area contributed by atoms with E-state index in [9.17, 15) is 4.79 Å².